The number of anilines is 2. The lowest BCUT2D eigenvalue weighted by Gasteiger charge is -2.13. The third-order valence-electron chi connectivity index (χ3n) is 2.46. The lowest BCUT2D eigenvalue weighted by molar-refractivity contribution is 0.329. The van der Waals surface area contributed by atoms with Gasteiger partial charge in [0.1, 0.15) is 11.6 Å². The van der Waals surface area contributed by atoms with Crippen LogP contribution in [0.5, 0.6) is 5.88 Å². The Morgan fingerprint density at radius 3 is 3.00 bits per heavy atom. The summed E-state index contributed by atoms with van der Waals surface area (Å²) in [4.78, 5) is 11.5. The summed E-state index contributed by atoms with van der Waals surface area (Å²) in [5.41, 5.74) is 6.30. The molecule has 0 aliphatic heterocycles. The van der Waals surface area contributed by atoms with Crippen LogP contribution in [0.25, 0.3) is 0 Å². The molecule has 0 spiro atoms. The van der Waals surface area contributed by atoms with Crippen LogP contribution in [0.15, 0.2) is 24.5 Å². The van der Waals surface area contributed by atoms with Crippen molar-refractivity contribution in [2.45, 2.75) is 19.9 Å². The minimum Gasteiger partial charge on any atom is -0.476 e. The highest BCUT2D eigenvalue weighted by Gasteiger charge is 2.09. The Kier molecular flexibility index (Phi) is 3.66. The summed E-state index contributed by atoms with van der Waals surface area (Å²) in [5, 5.41) is 3.23. The third kappa shape index (κ3) is 2.71. The molecule has 2 aromatic heterocycles. The van der Waals surface area contributed by atoms with Crippen LogP contribution in [0.2, 0.25) is 0 Å². The average molecular weight is 247 g/mol. The number of hydrogen-bond donors (Lipinski definition) is 3. The van der Waals surface area contributed by atoms with Gasteiger partial charge in [0.25, 0.3) is 0 Å². The van der Waals surface area contributed by atoms with Gasteiger partial charge in [-0.15, -0.1) is 0 Å². The number of H-pyrrole nitrogens is 1. The first-order valence-corrected chi connectivity index (χ1v) is 5.85. The number of aromatic amines is 1. The Labute approximate surface area is 106 Å². The van der Waals surface area contributed by atoms with Crippen molar-refractivity contribution in [3.05, 3.63) is 30.4 Å². The first-order valence-electron chi connectivity index (χ1n) is 5.85. The van der Waals surface area contributed by atoms with Crippen LogP contribution < -0.4 is 15.8 Å². The maximum Gasteiger partial charge on any atom is 0.239 e. The van der Waals surface area contributed by atoms with E-state index in [0.717, 1.165) is 5.82 Å². The predicted molar refractivity (Wildman–Crippen MR) is 70.4 cm³/mol. The molecule has 0 amide bonds. The number of imidazole rings is 1. The number of pyridine rings is 1. The Balaban J connectivity index is 2.12. The SMILES string of the molecule is CCOc1nc(NC(C)c2ncc[nH]2)ccc1N. The van der Waals surface area contributed by atoms with Gasteiger partial charge in [-0.3, -0.25) is 0 Å². The minimum absolute atomic E-state index is 0.0330. The second-order valence-corrected chi connectivity index (χ2v) is 3.86. The van der Waals surface area contributed by atoms with Gasteiger partial charge in [-0.2, -0.15) is 4.98 Å². The standard InChI is InChI=1S/C12H17N5O/c1-3-18-12-9(13)4-5-10(17-12)16-8(2)11-14-6-7-15-11/h4-8H,3,13H2,1-2H3,(H,14,15)(H,16,17). The zero-order chi connectivity index (χ0) is 13.0. The van der Waals surface area contributed by atoms with Crippen molar-refractivity contribution in [1.29, 1.82) is 0 Å². The molecule has 2 heterocycles. The number of nitrogen functional groups attached to an aromatic ring is 1. The van der Waals surface area contributed by atoms with Gasteiger partial charge in [0.05, 0.1) is 18.3 Å². The molecule has 1 unspecified atom stereocenters. The normalized spacial score (nSPS) is 12.1. The summed E-state index contributed by atoms with van der Waals surface area (Å²) in [7, 11) is 0. The highest BCUT2D eigenvalue weighted by molar-refractivity contribution is 5.53. The van der Waals surface area contributed by atoms with Gasteiger partial charge >= 0.3 is 0 Å². The number of nitrogens with zero attached hydrogens (tertiary/aromatic N) is 2. The molecule has 0 saturated heterocycles. The van der Waals surface area contributed by atoms with E-state index >= 15 is 0 Å². The predicted octanol–water partition coefficient (Wildman–Crippen LogP) is 1.96. The van der Waals surface area contributed by atoms with Crippen LogP contribution in [0.1, 0.15) is 25.7 Å². The smallest absolute Gasteiger partial charge is 0.239 e. The van der Waals surface area contributed by atoms with Crippen molar-refractivity contribution in [2.24, 2.45) is 0 Å². The third-order valence-corrected chi connectivity index (χ3v) is 2.46. The summed E-state index contributed by atoms with van der Waals surface area (Å²) >= 11 is 0. The van der Waals surface area contributed by atoms with Gasteiger partial charge in [-0.25, -0.2) is 4.98 Å². The number of hydrogen-bond acceptors (Lipinski definition) is 5. The molecule has 2 aromatic rings. The van der Waals surface area contributed by atoms with Gasteiger partial charge in [-0.05, 0) is 26.0 Å². The maximum absolute atomic E-state index is 5.77. The fourth-order valence-electron chi connectivity index (χ4n) is 1.59. The van der Waals surface area contributed by atoms with Crippen molar-refractivity contribution in [3.8, 4) is 5.88 Å². The molecule has 18 heavy (non-hydrogen) atoms. The van der Waals surface area contributed by atoms with E-state index in [-0.39, 0.29) is 6.04 Å². The van der Waals surface area contributed by atoms with Crippen molar-refractivity contribution in [1.82, 2.24) is 15.0 Å². The Morgan fingerprint density at radius 2 is 2.33 bits per heavy atom. The van der Waals surface area contributed by atoms with Crippen LogP contribution in [-0.4, -0.2) is 21.6 Å². The number of ether oxygens (including phenoxy) is 1. The average Bonchev–Trinajstić information content (AvgIpc) is 2.87. The molecular weight excluding hydrogens is 230 g/mol. The number of rotatable bonds is 5. The molecular formula is C12H17N5O. The summed E-state index contributed by atoms with van der Waals surface area (Å²) in [6, 6.07) is 3.62. The summed E-state index contributed by atoms with van der Waals surface area (Å²) < 4.78 is 5.35. The van der Waals surface area contributed by atoms with E-state index in [9.17, 15) is 0 Å². The van der Waals surface area contributed by atoms with Crippen LogP contribution in [0, 0.1) is 0 Å². The number of nitrogens with two attached hydrogens (primary N) is 1. The van der Waals surface area contributed by atoms with E-state index < -0.39 is 0 Å². The van der Waals surface area contributed by atoms with Crippen molar-refractivity contribution >= 4 is 11.5 Å². The van der Waals surface area contributed by atoms with Gasteiger partial charge in [0.15, 0.2) is 0 Å². The zero-order valence-electron chi connectivity index (χ0n) is 10.5. The molecule has 0 fully saturated rings. The molecule has 0 bridgehead atoms. The topological polar surface area (TPSA) is 88.8 Å². The van der Waals surface area contributed by atoms with Gasteiger partial charge in [-0.1, -0.05) is 0 Å². The zero-order valence-corrected chi connectivity index (χ0v) is 10.5. The van der Waals surface area contributed by atoms with Crippen LogP contribution in [0.3, 0.4) is 0 Å². The molecule has 6 heteroatoms. The summed E-state index contributed by atoms with van der Waals surface area (Å²) in [5.74, 6) is 2.01. The Hall–Kier alpha value is -2.24. The highest BCUT2D eigenvalue weighted by atomic mass is 16.5. The quantitative estimate of drug-likeness (QED) is 0.751. The van der Waals surface area contributed by atoms with Crippen molar-refractivity contribution in [2.75, 3.05) is 17.7 Å². The molecule has 0 saturated carbocycles. The Morgan fingerprint density at radius 1 is 1.50 bits per heavy atom. The maximum atomic E-state index is 5.77. The van der Waals surface area contributed by atoms with E-state index in [0.29, 0.717) is 24.0 Å². The summed E-state index contributed by atoms with van der Waals surface area (Å²) in [6.07, 6.45) is 3.51. The molecule has 2 rings (SSSR count). The van der Waals surface area contributed by atoms with Crippen molar-refractivity contribution in [3.63, 3.8) is 0 Å². The fraction of sp³-hybridized carbons (Fsp3) is 0.333. The van der Waals surface area contributed by atoms with E-state index in [2.05, 4.69) is 20.3 Å². The second-order valence-electron chi connectivity index (χ2n) is 3.86. The van der Waals surface area contributed by atoms with Gasteiger partial charge < -0.3 is 20.8 Å². The molecule has 4 N–H and O–H groups in total. The highest BCUT2D eigenvalue weighted by Crippen LogP contribution is 2.22. The van der Waals surface area contributed by atoms with Crippen LogP contribution in [-0.2, 0) is 0 Å². The second kappa shape index (κ2) is 5.39. The summed E-state index contributed by atoms with van der Waals surface area (Å²) in [6.45, 7) is 4.43. The van der Waals surface area contributed by atoms with Gasteiger partial charge in [0, 0.05) is 12.4 Å². The molecule has 1 atom stereocenters. The monoisotopic (exact) mass is 247 g/mol. The first-order chi connectivity index (χ1) is 8.70. The lowest BCUT2D eigenvalue weighted by Crippen LogP contribution is -2.10. The molecule has 0 radical (unpaired) electrons. The van der Waals surface area contributed by atoms with E-state index in [1.54, 1.807) is 18.5 Å². The number of aromatic nitrogens is 3. The van der Waals surface area contributed by atoms with E-state index in [1.807, 2.05) is 19.9 Å². The van der Waals surface area contributed by atoms with Crippen LogP contribution in [0.4, 0.5) is 11.5 Å². The lowest BCUT2D eigenvalue weighted by atomic mass is 10.3. The van der Waals surface area contributed by atoms with Crippen molar-refractivity contribution < 1.29 is 4.74 Å². The molecule has 0 aliphatic carbocycles. The first kappa shape index (κ1) is 12.2. The van der Waals surface area contributed by atoms with Crippen LogP contribution >= 0.6 is 0 Å². The Bertz CT molecular complexity index is 497. The van der Waals surface area contributed by atoms with Gasteiger partial charge in [0.2, 0.25) is 5.88 Å². The molecule has 0 aromatic carbocycles. The fourth-order valence-corrected chi connectivity index (χ4v) is 1.59. The van der Waals surface area contributed by atoms with E-state index in [4.69, 9.17) is 10.5 Å². The largest absolute Gasteiger partial charge is 0.476 e. The molecule has 6 nitrogen and oxygen atoms in total. The number of nitrogens with one attached hydrogen (secondary N) is 2. The molecule has 96 valence electrons. The minimum atomic E-state index is 0.0330. The van der Waals surface area contributed by atoms with E-state index in [1.165, 1.54) is 0 Å². The molecule has 0 aliphatic rings.